The lowest BCUT2D eigenvalue weighted by molar-refractivity contribution is 0.0596. The molecule has 0 aliphatic carbocycles. The number of piperazine rings is 1. The number of hydrogen-bond donors (Lipinski definition) is 1. The lowest BCUT2D eigenvalue weighted by atomic mass is 10.2. The Morgan fingerprint density at radius 3 is 2.33 bits per heavy atom. The van der Waals surface area contributed by atoms with Gasteiger partial charge in [0.05, 0.1) is 24.0 Å². The molecule has 0 saturated carbocycles. The number of benzene rings is 2. The molecule has 1 heterocycles. The predicted octanol–water partition coefficient (Wildman–Crippen LogP) is 2.03. The molecule has 0 spiro atoms. The molecular formula is C19H23N3O4S. The third-order valence-electron chi connectivity index (χ3n) is 4.57. The summed E-state index contributed by atoms with van der Waals surface area (Å²) in [6.07, 6.45) is 0. The zero-order valence-corrected chi connectivity index (χ0v) is 16.2. The molecule has 0 unspecified atom stereocenters. The number of carbonyl (C=O) groups excluding carboxylic acids is 1. The summed E-state index contributed by atoms with van der Waals surface area (Å²) >= 11 is 0. The van der Waals surface area contributed by atoms with E-state index in [4.69, 9.17) is 4.74 Å². The second kappa shape index (κ2) is 7.98. The highest BCUT2D eigenvalue weighted by atomic mass is 32.2. The van der Waals surface area contributed by atoms with Crippen molar-refractivity contribution in [3.8, 4) is 0 Å². The van der Waals surface area contributed by atoms with Crippen LogP contribution in [0, 0.1) is 0 Å². The van der Waals surface area contributed by atoms with Crippen molar-refractivity contribution in [1.29, 1.82) is 0 Å². The van der Waals surface area contributed by atoms with Gasteiger partial charge in [-0.2, -0.15) is 0 Å². The van der Waals surface area contributed by atoms with Crippen LogP contribution in [0.2, 0.25) is 0 Å². The number of esters is 1. The van der Waals surface area contributed by atoms with Gasteiger partial charge >= 0.3 is 5.97 Å². The van der Waals surface area contributed by atoms with E-state index in [1.165, 1.54) is 19.2 Å². The summed E-state index contributed by atoms with van der Waals surface area (Å²) in [7, 11) is -0.670. The number of nitrogens with zero attached hydrogens (tertiary/aromatic N) is 2. The predicted molar refractivity (Wildman–Crippen MR) is 105 cm³/mol. The number of para-hydroxylation sites is 2. The van der Waals surface area contributed by atoms with Crippen molar-refractivity contribution >= 4 is 27.4 Å². The van der Waals surface area contributed by atoms with Crippen molar-refractivity contribution in [2.45, 2.75) is 4.90 Å². The standard InChI is InChI=1S/C19H23N3O4S/c1-21-11-13-22(14-12-21)17-9-5-4-8-16(17)20-27(24,25)18-10-6-3-7-15(18)19(23)26-2/h3-10,20H,11-14H2,1-2H3. The average Bonchev–Trinajstić information content (AvgIpc) is 2.68. The van der Waals surface area contributed by atoms with E-state index in [0.29, 0.717) is 5.69 Å². The Hall–Kier alpha value is -2.58. The molecule has 0 amide bonds. The van der Waals surface area contributed by atoms with Gasteiger partial charge in [0, 0.05) is 26.2 Å². The first-order valence-electron chi connectivity index (χ1n) is 8.65. The zero-order chi connectivity index (χ0) is 19.4. The van der Waals surface area contributed by atoms with Gasteiger partial charge in [0.25, 0.3) is 10.0 Å². The first-order valence-corrected chi connectivity index (χ1v) is 10.1. The van der Waals surface area contributed by atoms with Gasteiger partial charge in [0.1, 0.15) is 4.90 Å². The lowest BCUT2D eigenvalue weighted by Gasteiger charge is -2.35. The molecular weight excluding hydrogens is 366 g/mol. The quantitative estimate of drug-likeness (QED) is 0.789. The van der Waals surface area contributed by atoms with E-state index in [-0.39, 0.29) is 10.5 Å². The third kappa shape index (κ3) is 4.23. The molecule has 1 aliphatic heterocycles. The highest BCUT2D eigenvalue weighted by molar-refractivity contribution is 7.92. The van der Waals surface area contributed by atoms with E-state index in [1.54, 1.807) is 24.3 Å². The number of hydrogen-bond acceptors (Lipinski definition) is 6. The van der Waals surface area contributed by atoms with Crippen LogP contribution in [0.1, 0.15) is 10.4 Å². The summed E-state index contributed by atoms with van der Waals surface area (Å²) in [5.41, 5.74) is 1.32. The number of nitrogens with one attached hydrogen (secondary N) is 1. The van der Waals surface area contributed by atoms with Crippen LogP contribution in [-0.4, -0.2) is 59.6 Å². The summed E-state index contributed by atoms with van der Waals surface area (Å²) in [4.78, 5) is 16.2. The molecule has 1 saturated heterocycles. The Bertz CT molecular complexity index is 922. The van der Waals surface area contributed by atoms with Crippen LogP contribution in [0.3, 0.4) is 0 Å². The number of carbonyl (C=O) groups is 1. The van der Waals surface area contributed by atoms with E-state index in [2.05, 4.69) is 21.6 Å². The number of methoxy groups -OCH3 is 1. The number of rotatable bonds is 5. The molecule has 8 heteroatoms. The molecule has 27 heavy (non-hydrogen) atoms. The first-order chi connectivity index (χ1) is 12.9. The molecule has 0 aromatic heterocycles. The van der Waals surface area contributed by atoms with Crippen LogP contribution in [0.4, 0.5) is 11.4 Å². The Kier molecular flexibility index (Phi) is 5.67. The molecule has 2 aromatic rings. The monoisotopic (exact) mass is 389 g/mol. The smallest absolute Gasteiger partial charge is 0.339 e. The van der Waals surface area contributed by atoms with Gasteiger partial charge in [-0.25, -0.2) is 13.2 Å². The Morgan fingerprint density at radius 2 is 1.63 bits per heavy atom. The van der Waals surface area contributed by atoms with E-state index in [9.17, 15) is 13.2 Å². The maximum Gasteiger partial charge on any atom is 0.339 e. The van der Waals surface area contributed by atoms with Gasteiger partial charge < -0.3 is 14.5 Å². The SMILES string of the molecule is COC(=O)c1ccccc1S(=O)(=O)Nc1ccccc1N1CCN(C)CC1. The Labute approximate surface area is 159 Å². The zero-order valence-electron chi connectivity index (χ0n) is 15.4. The number of ether oxygens (including phenoxy) is 1. The molecule has 0 radical (unpaired) electrons. The average molecular weight is 389 g/mol. The molecule has 7 nitrogen and oxygen atoms in total. The minimum atomic E-state index is -3.96. The molecule has 1 fully saturated rings. The summed E-state index contributed by atoms with van der Waals surface area (Å²) < 4.78 is 33.3. The first kappa shape index (κ1) is 19.2. The molecule has 0 bridgehead atoms. The molecule has 0 atom stereocenters. The van der Waals surface area contributed by atoms with Crippen LogP contribution in [0.25, 0.3) is 0 Å². The third-order valence-corrected chi connectivity index (χ3v) is 6.00. The second-order valence-corrected chi connectivity index (χ2v) is 8.05. The fourth-order valence-corrected chi connectivity index (χ4v) is 4.33. The van der Waals surface area contributed by atoms with Crippen molar-refractivity contribution in [2.75, 3.05) is 50.0 Å². The Morgan fingerprint density at radius 1 is 1.00 bits per heavy atom. The van der Waals surface area contributed by atoms with E-state index < -0.39 is 16.0 Å². The lowest BCUT2D eigenvalue weighted by Crippen LogP contribution is -2.44. The molecule has 144 valence electrons. The summed E-state index contributed by atoms with van der Waals surface area (Å²) in [5, 5.41) is 0. The van der Waals surface area contributed by atoms with Crippen molar-refractivity contribution in [2.24, 2.45) is 0 Å². The normalized spacial score (nSPS) is 15.4. The summed E-state index contributed by atoms with van der Waals surface area (Å²) in [6.45, 7) is 3.44. The summed E-state index contributed by atoms with van der Waals surface area (Å²) in [5.74, 6) is -0.691. The van der Waals surface area contributed by atoms with Crippen molar-refractivity contribution in [3.63, 3.8) is 0 Å². The molecule has 2 aromatic carbocycles. The molecule has 1 N–H and O–H groups in total. The molecule has 3 rings (SSSR count). The second-order valence-electron chi connectivity index (χ2n) is 6.40. The topological polar surface area (TPSA) is 78.9 Å². The van der Waals surface area contributed by atoms with Gasteiger partial charge in [-0.3, -0.25) is 4.72 Å². The van der Waals surface area contributed by atoms with E-state index in [1.807, 2.05) is 12.1 Å². The summed E-state index contributed by atoms with van der Waals surface area (Å²) in [6, 6.07) is 13.3. The minimum absolute atomic E-state index is 0.00424. The van der Waals surface area contributed by atoms with Crippen molar-refractivity contribution in [3.05, 3.63) is 54.1 Å². The van der Waals surface area contributed by atoms with E-state index >= 15 is 0 Å². The van der Waals surface area contributed by atoms with Crippen molar-refractivity contribution in [1.82, 2.24) is 4.90 Å². The van der Waals surface area contributed by atoms with Crippen LogP contribution in [0.15, 0.2) is 53.4 Å². The van der Waals surface area contributed by atoms with Crippen molar-refractivity contribution < 1.29 is 17.9 Å². The van der Waals surface area contributed by atoms with E-state index in [0.717, 1.165) is 31.9 Å². The number of likely N-dealkylation sites (N-methyl/N-ethyl adjacent to an activating group) is 1. The fourth-order valence-electron chi connectivity index (χ4n) is 3.06. The van der Waals surface area contributed by atoms with Gasteiger partial charge in [0.15, 0.2) is 0 Å². The van der Waals surface area contributed by atoms with Gasteiger partial charge in [-0.15, -0.1) is 0 Å². The van der Waals surface area contributed by atoms with Gasteiger partial charge in [-0.1, -0.05) is 24.3 Å². The Balaban J connectivity index is 1.93. The maximum atomic E-state index is 13.0. The van der Waals surface area contributed by atoms with Crippen LogP contribution >= 0.6 is 0 Å². The highest BCUT2D eigenvalue weighted by Crippen LogP contribution is 2.29. The highest BCUT2D eigenvalue weighted by Gasteiger charge is 2.25. The fraction of sp³-hybridized carbons (Fsp3) is 0.316. The van der Waals surface area contributed by atoms with Crippen LogP contribution in [-0.2, 0) is 14.8 Å². The number of anilines is 2. The van der Waals surface area contributed by atoms with Crippen LogP contribution < -0.4 is 9.62 Å². The van der Waals surface area contributed by atoms with Gasteiger partial charge in [-0.05, 0) is 31.3 Å². The number of sulfonamides is 1. The van der Waals surface area contributed by atoms with Crippen LogP contribution in [0.5, 0.6) is 0 Å². The largest absolute Gasteiger partial charge is 0.465 e. The maximum absolute atomic E-state index is 13.0. The minimum Gasteiger partial charge on any atom is -0.465 e. The van der Waals surface area contributed by atoms with Gasteiger partial charge in [0.2, 0.25) is 0 Å². The molecule has 1 aliphatic rings.